The Bertz CT molecular complexity index is 867. The molecule has 5 rings (SSSR count). The number of aryl methyl sites for hydroxylation is 1. The standard InChI is InChI=1S/C22H23ClN2O/c23-17-6-3-5-16(12-17)20-14-24-10-11-25(20)21(26)19-13-22(19)9-8-15-4-1-2-7-18(15)22/h1-7,12,19-20,24H,8-11,13-14H2. The van der Waals surface area contributed by atoms with E-state index in [2.05, 4.69) is 40.5 Å². The van der Waals surface area contributed by atoms with Gasteiger partial charge in [0.15, 0.2) is 0 Å². The summed E-state index contributed by atoms with van der Waals surface area (Å²) in [6, 6.07) is 16.7. The maximum atomic E-state index is 13.5. The van der Waals surface area contributed by atoms with Crippen LogP contribution in [0.4, 0.5) is 0 Å². The van der Waals surface area contributed by atoms with Gasteiger partial charge >= 0.3 is 0 Å². The molecule has 1 heterocycles. The van der Waals surface area contributed by atoms with Gasteiger partial charge in [-0.1, -0.05) is 48.0 Å². The molecule has 0 aromatic heterocycles. The van der Waals surface area contributed by atoms with E-state index in [0.717, 1.165) is 49.5 Å². The van der Waals surface area contributed by atoms with Crippen molar-refractivity contribution in [3.05, 3.63) is 70.2 Å². The maximum Gasteiger partial charge on any atom is 0.227 e. The lowest BCUT2D eigenvalue weighted by Crippen LogP contribution is -2.49. The smallest absolute Gasteiger partial charge is 0.227 e. The van der Waals surface area contributed by atoms with Gasteiger partial charge in [-0.25, -0.2) is 0 Å². The third-order valence-corrected chi connectivity index (χ3v) is 6.76. The molecule has 1 aliphatic heterocycles. The number of carbonyl (C=O) groups is 1. The van der Waals surface area contributed by atoms with Crippen molar-refractivity contribution < 1.29 is 4.79 Å². The van der Waals surface area contributed by atoms with E-state index in [1.807, 2.05) is 18.2 Å². The summed E-state index contributed by atoms with van der Waals surface area (Å²) in [6.07, 6.45) is 3.24. The number of rotatable bonds is 2. The Morgan fingerprint density at radius 1 is 1.19 bits per heavy atom. The second-order valence-corrected chi connectivity index (χ2v) is 8.31. The maximum absolute atomic E-state index is 13.5. The highest BCUT2D eigenvalue weighted by atomic mass is 35.5. The molecule has 0 bridgehead atoms. The normalized spacial score (nSPS) is 29.7. The van der Waals surface area contributed by atoms with E-state index < -0.39 is 0 Å². The molecule has 3 nitrogen and oxygen atoms in total. The zero-order chi connectivity index (χ0) is 17.7. The highest BCUT2D eigenvalue weighted by Crippen LogP contribution is 2.62. The van der Waals surface area contributed by atoms with E-state index in [-0.39, 0.29) is 17.4 Å². The van der Waals surface area contributed by atoms with Crippen LogP contribution < -0.4 is 5.32 Å². The number of nitrogens with one attached hydrogen (secondary N) is 1. The first kappa shape index (κ1) is 16.3. The van der Waals surface area contributed by atoms with Crippen LogP contribution in [-0.4, -0.2) is 30.4 Å². The first-order valence-corrected chi connectivity index (χ1v) is 9.92. The van der Waals surface area contributed by atoms with Gasteiger partial charge < -0.3 is 10.2 Å². The van der Waals surface area contributed by atoms with Crippen LogP contribution in [0.2, 0.25) is 5.02 Å². The summed E-state index contributed by atoms with van der Waals surface area (Å²) in [5.74, 6) is 0.471. The fraction of sp³-hybridized carbons (Fsp3) is 0.409. The number of nitrogens with zero attached hydrogens (tertiary/aromatic N) is 1. The van der Waals surface area contributed by atoms with Crippen LogP contribution in [0.3, 0.4) is 0 Å². The third-order valence-electron chi connectivity index (χ3n) is 6.53. The molecule has 1 saturated carbocycles. The summed E-state index contributed by atoms with van der Waals surface area (Å²) in [5, 5.41) is 4.17. The van der Waals surface area contributed by atoms with E-state index in [0.29, 0.717) is 5.91 Å². The van der Waals surface area contributed by atoms with Gasteiger partial charge in [-0.2, -0.15) is 0 Å². The molecule has 3 aliphatic rings. The summed E-state index contributed by atoms with van der Waals surface area (Å²) < 4.78 is 0. The largest absolute Gasteiger partial charge is 0.333 e. The van der Waals surface area contributed by atoms with E-state index in [1.165, 1.54) is 11.1 Å². The van der Waals surface area contributed by atoms with Crippen LogP contribution in [0.1, 0.15) is 35.6 Å². The molecule has 134 valence electrons. The Hall–Kier alpha value is -1.84. The lowest BCUT2D eigenvalue weighted by Gasteiger charge is -2.37. The SMILES string of the molecule is O=C(C1CC12CCc1ccccc12)N1CCNCC1c1cccc(Cl)c1. The Morgan fingerprint density at radius 2 is 2.08 bits per heavy atom. The lowest BCUT2D eigenvalue weighted by atomic mass is 9.94. The number of hydrogen-bond donors (Lipinski definition) is 1. The van der Waals surface area contributed by atoms with Crippen molar-refractivity contribution in [3.63, 3.8) is 0 Å². The van der Waals surface area contributed by atoms with E-state index in [9.17, 15) is 4.79 Å². The average Bonchev–Trinajstić information content (AvgIpc) is 3.30. The van der Waals surface area contributed by atoms with Crippen LogP contribution in [0.25, 0.3) is 0 Å². The monoisotopic (exact) mass is 366 g/mol. The number of carbonyl (C=O) groups excluding carboxylic acids is 1. The molecule has 1 N–H and O–H groups in total. The Labute approximate surface area is 159 Å². The van der Waals surface area contributed by atoms with Crippen LogP contribution >= 0.6 is 11.6 Å². The first-order chi connectivity index (χ1) is 12.7. The average molecular weight is 367 g/mol. The van der Waals surface area contributed by atoms with Gasteiger partial charge in [-0.3, -0.25) is 4.79 Å². The third kappa shape index (κ3) is 2.49. The van der Waals surface area contributed by atoms with Crippen molar-refractivity contribution in [2.45, 2.75) is 30.7 Å². The van der Waals surface area contributed by atoms with Gasteiger partial charge in [0, 0.05) is 36.0 Å². The summed E-state index contributed by atoms with van der Waals surface area (Å²) in [6.45, 7) is 2.42. The molecule has 1 spiro atoms. The molecule has 1 amide bonds. The summed E-state index contributed by atoms with van der Waals surface area (Å²) in [4.78, 5) is 15.6. The van der Waals surface area contributed by atoms with Gasteiger partial charge in [0.1, 0.15) is 0 Å². The fourth-order valence-corrected chi connectivity index (χ4v) is 5.30. The minimum Gasteiger partial charge on any atom is -0.333 e. The van der Waals surface area contributed by atoms with Gasteiger partial charge in [-0.05, 0) is 48.1 Å². The molecule has 2 fully saturated rings. The molecular formula is C22H23ClN2O. The quantitative estimate of drug-likeness (QED) is 0.878. The second-order valence-electron chi connectivity index (χ2n) is 7.88. The molecule has 0 radical (unpaired) electrons. The molecular weight excluding hydrogens is 344 g/mol. The van der Waals surface area contributed by atoms with Gasteiger partial charge in [0.25, 0.3) is 0 Å². The zero-order valence-corrected chi connectivity index (χ0v) is 15.5. The summed E-state index contributed by atoms with van der Waals surface area (Å²) in [7, 11) is 0. The predicted molar refractivity (Wildman–Crippen MR) is 103 cm³/mol. The van der Waals surface area contributed by atoms with Crippen molar-refractivity contribution in [2.24, 2.45) is 5.92 Å². The molecule has 2 aromatic carbocycles. The minimum absolute atomic E-state index is 0.0734. The number of amides is 1. The number of piperazine rings is 1. The lowest BCUT2D eigenvalue weighted by molar-refractivity contribution is -0.136. The highest BCUT2D eigenvalue weighted by molar-refractivity contribution is 6.30. The number of hydrogen-bond acceptors (Lipinski definition) is 2. The Kier molecular flexibility index (Phi) is 3.84. The van der Waals surface area contributed by atoms with Crippen LogP contribution in [0.15, 0.2) is 48.5 Å². The van der Waals surface area contributed by atoms with Crippen LogP contribution in [0.5, 0.6) is 0 Å². The highest BCUT2D eigenvalue weighted by Gasteiger charge is 2.62. The topological polar surface area (TPSA) is 32.3 Å². The molecule has 26 heavy (non-hydrogen) atoms. The zero-order valence-electron chi connectivity index (χ0n) is 14.7. The number of fused-ring (bicyclic) bond motifs is 2. The van der Waals surface area contributed by atoms with Crippen LogP contribution in [0, 0.1) is 5.92 Å². The first-order valence-electron chi connectivity index (χ1n) is 9.54. The second kappa shape index (κ2) is 6.11. The van der Waals surface area contributed by atoms with E-state index in [4.69, 9.17) is 11.6 Å². The molecule has 4 heteroatoms. The van der Waals surface area contributed by atoms with E-state index >= 15 is 0 Å². The number of benzene rings is 2. The number of halogens is 1. The molecule has 1 saturated heterocycles. The fourth-order valence-electron chi connectivity index (χ4n) is 5.10. The molecule has 2 aliphatic carbocycles. The Morgan fingerprint density at radius 3 is 2.96 bits per heavy atom. The summed E-state index contributed by atoms with van der Waals surface area (Å²) >= 11 is 6.20. The predicted octanol–water partition coefficient (Wildman–Crippen LogP) is 3.72. The Balaban J connectivity index is 1.42. The molecule has 2 aromatic rings. The summed E-state index contributed by atoms with van der Waals surface area (Å²) in [5.41, 5.74) is 4.10. The van der Waals surface area contributed by atoms with Crippen molar-refractivity contribution in [1.29, 1.82) is 0 Å². The van der Waals surface area contributed by atoms with Crippen molar-refractivity contribution >= 4 is 17.5 Å². The van der Waals surface area contributed by atoms with E-state index in [1.54, 1.807) is 0 Å². The minimum atomic E-state index is 0.0734. The van der Waals surface area contributed by atoms with Gasteiger partial charge in [-0.15, -0.1) is 0 Å². The molecule has 3 atom stereocenters. The van der Waals surface area contributed by atoms with Crippen molar-refractivity contribution in [1.82, 2.24) is 10.2 Å². The van der Waals surface area contributed by atoms with Crippen molar-refractivity contribution in [2.75, 3.05) is 19.6 Å². The van der Waals surface area contributed by atoms with Crippen molar-refractivity contribution in [3.8, 4) is 0 Å². The molecule has 3 unspecified atom stereocenters. The van der Waals surface area contributed by atoms with Crippen LogP contribution in [-0.2, 0) is 16.6 Å². The van der Waals surface area contributed by atoms with Gasteiger partial charge in [0.05, 0.1) is 6.04 Å². The van der Waals surface area contributed by atoms with Gasteiger partial charge in [0.2, 0.25) is 5.91 Å².